The molecule has 35 heavy (non-hydrogen) atoms. The van der Waals surface area contributed by atoms with Crippen LogP contribution in [-0.2, 0) is 10.0 Å². The summed E-state index contributed by atoms with van der Waals surface area (Å²) in [7, 11) is -3.13. The second-order valence-corrected chi connectivity index (χ2v) is 11.9. The molecule has 8 nitrogen and oxygen atoms in total. The van der Waals surface area contributed by atoms with Gasteiger partial charge in [0.05, 0.1) is 11.9 Å². The quantitative estimate of drug-likeness (QED) is 0.404. The van der Waals surface area contributed by atoms with Crippen LogP contribution in [0.3, 0.4) is 0 Å². The molecule has 9 heteroatoms. The molecule has 5 rings (SSSR count). The lowest BCUT2D eigenvalue weighted by molar-refractivity contribution is 0.216. The number of aromatic amines is 1. The van der Waals surface area contributed by atoms with Crippen LogP contribution >= 0.6 is 0 Å². The molecule has 1 fully saturated rings. The summed E-state index contributed by atoms with van der Waals surface area (Å²) in [5.74, 6) is 0.883. The van der Waals surface area contributed by atoms with Crippen molar-refractivity contribution in [3.05, 3.63) is 53.5 Å². The summed E-state index contributed by atoms with van der Waals surface area (Å²) in [6, 6.07) is 8.97. The van der Waals surface area contributed by atoms with E-state index in [-0.39, 0.29) is 0 Å². The highest BCUT2D eigenvalue weighted by Crippen LogP contribution is 2.39. The second kappa shape index (κ2) is 9.37. The van der Waals surface area contributed by atoms with Gasteiger partial charge in [0.25, 0.3) is 0 Å². The maximum Gasteiger partial charge on any atom is 0.208 e. The summed E-state index contributed by atoms with van der Waals surface area (Å²) in [5.41, 5.74) is 8.24. The minimum absolute atomic E-state index is 0.365. The molecule has 0 amide bonds. The number of aromatic nitrogens is 4. The van der Waals surface area contributed by atoms with Gasteiger partial charge in [0, 0.05) is 35.8 Å². The smallest absolute Gasteiger partial charge is 0.208 e. The Labute approximate surface area is 206 Å². The van der Waals surface area contributed by atoms with Crippen LogP contribution in [0.5, 0.6) is 0 Å². The van der Waals surface area contributed by atoms with E-state index in [1.54, 1.807) is 6.33 Å². The van der Waals surface area contributed by atoms with Crippen LogP contribution in [0.1, 0.15) is 55.2 Å². The van der Waals surface area contributed by atoms with Crippen molar-refractivity contribution < 1.29 is 8.42 Å². The van der Waals surface area contributed by atoms with Crippen molar-refractivity contribution in [3.63, 3.8) is 0 Å². The largest absolute Gasteiger partial charge is 0.354 e. The molecule has 1 aromatic carbocycles. The van der Waals surface area contributed by atoms with Gasteiger partial charge in [-0.3, -0.25) is 0 Å². The fraction of sp³-hybridized carbons (Fsp3) is 0.462. The molecule has 2 N–H and O–H groups in total. The topological polar surface area (TPSA) is 95.4 Å². The highest BCUT2D eigenvalue weighted by atomic mass is 32.2. The van der Waals surface area contributed by atoms with Crippen molar-refractivity contribution in [2.75, 3.05) is 32.4 Å². The Balaban J connectivity index is 1.40. The molecule has 0 saturated carbocycles. The summed E-state index contributed by atoms with van der Waals surface area (Å²) < 4.78 is 27.0. The number of H-pyrrole nitrogens is 1. The molecule has 4 aromatic rings. The Morgan fingerprint density at radius 3 is 2.69 bits per heavy atom. The molecule has 0 atom stereocenters. The van der Waals surface area contributed by atoms with Crippen LogP contribution in [0.4, 0.5) is 0 Å². The number of aryl methyl sites for hydroxylation is 1. The minimum atomic E-state index is -3.13. The average molecular weight is 495 g/mol. The van der Waals surface area contributed by atoms with Gasteiger partial charge in [-0.15, -0.1) is 0 Å². The van der Waals surface area contributed by atoms with Crippen LogP contribution in [0, 0.1) is 6.92 Å². The number of hydrogen-bond acceptors (Lipinski definition) is 5. The van der Waals surface area contributed by atoms with E-state index in [2.05, 4.69) is 75.9 Å². The van der Waals surface area contributed by atoms with Crippen molar-refractivity contribution >= 4 is 26.6 Å². The number of rotatable bonds is 7. The molecule has 4 heterocycles. The number of hydrogen-bond donors (Lipinski definition) is 2. The van der Waals surface area contributed by atoms with Gasteiger partial charge >= 0.3 is 0 Å². The van der Waals surface area contributed by atoms with E-state index in [1.165, 1.54) is 28.3 Å². The lowest BCUT2D eigenvalue weighted by atomic mass is 9.87. The molecule has 0 spiro atoms. The third-order valence-corrected chi connectivity index (χ3v) is 7.91. The molecule has 1 saturated heterocycles. The first kappa shape index (κ1) is 24.0. The lowest BCUT2D eigenvalue weighted by Gasteiger charge is -2.32. The molecule has 0 radical (unpaired) electrons. The zero-order valence-electron chi connectivity index (χ0n) is 20.9. The molecule has 0 aliphatic carbocycles. The molecule has 1 aliphatic rings. The Kier molecular flexibility index (Phi) is 6.41. The van der Waals surface area contributed by atoms with Crippen molar-refractivity contribution in [1.29, 1.82) is 0 Å². The number of pyridine rings is 1. The minimum Gasteiger partial charge on any atom is -0.354 e. The van der Waals surface area contributed by atoms with Crippen molar-refractivity contribution in [2.24, 2.45) is 0 Å². The summed E-state index contributed by atoms with van der Waals surface area (Å²) in [6.45, 7) is 9.84. The van der Waals surface area contributed by atoms with Crippen molar-refractivity contribution in [1.82, 2.24) is 29.2 Å². The van der Waals surface area contributed by atoms with Crippen LogP contribution in [-0.4, -0.2) is 65.3 Å². The maximum atomic E-state index is 11.3. The first-order valence-electron chi connectivity index (χ1n) is 12.3. The maximum absolute atomic E-state index is 11.3. The van der Waals surface area contributed by atoms with E-state index >= 15 is 0 Å². The molecule has 3 aromatic heterocycles. The molecular weight excluding hydrogens is 460 g/mol. The first-order valence-corrected chi connectivity index (χ1v) is 14.2. The zero-order valence-corrected chi connectivity index (χ0v) is 21.7. The highest BCUT2D eigenvalue weighted by Gasteiger charge is 2.23. The van der Waals surface area contributed by atoms with E-state index in [1.807, 2.05) is 4.52 Å². The number of nitrogens with one attached hydrogen (secondary N) is 2. The summed E-state index contributed by atoms with van der Waals surface area (Å²) >= 11 is 0. The van der Waals surface area contributed by atoms with Crippen LogP contribution < -0.4 is 4.72 Å². The van der Waals surface area contributed by atoms with E-state index in [9.17, 15) is 8.42 Å². The fourth-order valence-electron chi connectivity index (χ4n) is 5.39. The number of nitrogens with zero attached hydrogens (tertiary/aromatic N) is 4. The SMILES string of the molecule is Cc1cc2ncnn2cc1-c1[nH]c2ccc(C3CCN(CCNS(C)(=O)=O)CC3)cc2c1C(C)C. The predicted octanol–water partition coefficient (Wildman–Crippen LogP) is 4.04. The molecule has 1 aliphatic heterocycles. The van der Waals surface area contributed by atoms with Crippen LogP contribution in [0.2, 0.25) is 0 Å². The number of likely N-dealkylation sites (tertiary alicyclic amines) is 1. The Hall–Kier alpha value is -2.75. The van der Waals surface area contributed by atoms with Crippen molar-refractivity contribution in [3.8, 4) is 11.3 Å². The predicted molar refractivity (Wildman–Crippen MR) is 140 cm³/mol. The Bertz CT molecular complexity index is 1460. The Morgan fingerprint density at radius 2 is 1.97 bits per heavy atom. The van der Waals surface area contributed by atoms with Gasteiger partial charge in [0.15, 0.2) is 5.65 Å². The van der Waals surface area contributed by atoms with Gasteiger partial charge in [0.2, 0.25) is 10.0 Å². The monoisotopic (exact) mass is 494 g/mol. The normalized spacial score (nSPS) is 16.1. The van der Waals surface area contributed by atoms with Gasteiger partial charge in [0.1, 0.15) is 6.33 Å². The number of benzene rings is 1. The van der Waals surface area contributed by atoms with Gasteiger partial charge in [-0.05, 0) is 79.6 Å². The third-order valence-electron chi connectivity index (χ3n) is 7.18. The molecular formula is C26H34N6O2S. The lowest BCUT2D eigenvalue weighted by Crippen LogP contribution is -2.38. The zero-order chi connectivity index (χ0) is 24.7. The van der Waals surface area contributed by atoms with E-state index in [0.29, 0.717) is 18.4 Å². The highest BCUT2D eigenvalue weighted by molar-refractivity contribution is 7.88. The molecule has 0 unspecified atom stereocenters. The number of piperidine rings is 1. The fourth-order valence-corrected chi connectivity index (χ4v) is 5.86. The van der Waals surface area contributed by atoms with E-state index in [4.69, 9.17) is 0 Å². The summed E-state index contributed by atoms with van der Waals surface area (Å²) in [6.07, 6.45) is 7.04. The van der Waals surface area contributed by atoms with Gasteiger partial charge in [-0.25, -0.2) is 22.6 Å². The van der Waals surface area contributed by atoms with Crippen LogP contribution in [0.15, 0.2) is 36.8 Å². The molecule has 186 valence electrons. The first-order chi connectivity index (χ1) is 16.7. The van der Waals surface area contributed by atoms with Gasteiger partial charge in [-0.1, -0.05) is 19.9 Å². The van der Waals surface area contributed by atoms with E-state index < -0.39 is 10.0 Å². The Morgan fingerprint density at radius 1 is 1.20 bits per heavy atom. The second-order valence-electron chi connectivity index (χ2n) is 10.1. The summed E-state index contributed by atoms with van der Waals surface area (Å²) in [4.78, 5) is 10.4. The number of sulfonamides is 1. The average Bonchev–Trinajstić information content (AvgIpc) is 3.41. The number of fused-ring (bicyclic) bond motifs is 2. The standard InChI is InChI=1S/C26H34N6O2S/c1-17(2)25-21-14-20(19-7-10-31(11-8-19)12-9-29-35(4,33)34)5-6-23(21)30-26(25)22-15-32-24(13-18(22)3)27-16-28-32/h5-6,13-17,19,29-30H,7-12H2,1-4H3. The third kappa shape index (κ3) is 4.98. The van der Waals surface area contributed by atoms with Crippen molar-refractivity contribution in [2.45, 2.75) is 45.4 Å². The van der Waals surface area contributed by atoms with Gasteiger partial charge in [-0.2, -0.15) is 5.10 Å². The van der Waals surface area contributed by atoms with Gasteiger partial charge < -0.3 is 9.88 Å². The summed E-state index contributed by atoms with van der Waals surface area (Å²) in [5, 5.41) is 5.64. The molecule has 0 bridgehead atoms. The van der Waals surface area contributed by atoms with Crippen LogP contribution in [0.25, 0.3) is 27.8 Å². The van der Waals surface area contributed by atoms with E-state index in [0.717, 1.165) is 54.9 Å².